The number of hydrogen-bond donors (Lipinski definition) is 2. The highest BCUT2D eigenvalue weighted by Crippen LogP contribution is 2.22. The van der Waals surface area contributed by atoms with E-state index in [2.05, 4.69) is 11.8 Å². The molecule has 1 heterocycles. The molecule has 0 aliphatic carbocycles. The second-order valence-electron chi connectivity index (χ2n) is 5.76. The number of likely N-dealkylation sites (tertiary alicyclic amines) is 1. The monoisotopic (exact) mass is 291 g/mol. The SMILES string of the molecule is CC1CCC(C(N)=O)CN1CCCOc1ccccc1N. The quantitative estimate of drug-likeness (QED) is 0.616. The molecule has 21 heavy (non-hydrogen) atoms. The van der Waals surface area contributed by atoms with Crippen molar-refractivity contribution >= 4 is 11.6 Å². The maximum atomic E-state index is 11.3. The summed E-state index contributed by atoms with van der Waals surface area (Å²) in [5.41, 5.74) is 11.9. The predicted octanol–water partition coefficient (Wildman–Crippen LogP) is 1.62. The molecule has 1 fully saturated rings. The highest BCUT2D eigenvalue weighted by atomic mass is 16.5. The minimum absolute atomic E-state index is 0.00751. The number of anilines is 1. The molecule has 1 aromatic rings. The molecular weight excluding hydrogens is 266 g/mol. The number of piperidine rings is 1. The van der Waals surface area contributed by atoms with Crippen LogP contribution >= 0.6 is 0 Å². The fourth-order valence-electron chi connectivity index (χ4n) is 2.78. The van der Waals surface area contributed by atoms with Crippen molar-refractivity contribution in [1.82, 2.24) is 4.90 Å². The molecule has 116 valence electrons. The molecule has 0 radical (unpaired) electrons. The van der Waals surface area contributed by atoms with Gasteiger partial charge in [0.05, 0.1) is 18.2 Å². The van der Waals surface area contributed by atoms with Gasteiger partial charge in [0.1, 0.15) is 5.75 Å². The van der Waals surface area contributed by atoms with E-state index in [-0.39, 0.29) is 11.8 Å². The number of para-hydroxylation sites is 2. The number of carbonyl (C=O) groups excluding carboxylic acids is 1. The van der Waals surface area contributed by atoms with Gasteiger partial charge in [0, 0.05) is 19.1 Å². The number of nitrogens with zero attached hydrogens (tertiary/aromatic N) is 1. The Labute approximate surface area is 126 Å². The molecule has 1 amide bonds. The lowest BCUT2D eigenvalue weighted by Gasteiger charge is -2.36. The molecule has 5 heteroatoms. The first-order valence-corrected chi connectivity index (χ1v) is 7.58. The summed E-state index contributed by atoms with van der Waals surface area (Å²) in [5.74, 6) is 0.548. The van der Waals surface area contributed by atoms with E-state index in [9.17, 15) is 4.79 Å². The lowest BCUT2D eigenvalue weighted by atomic mass is 9.93. The standard InChI is InChI=1S/C16H25N3O2/c1-12-7-8-13(16(18)20)11-19(12)9-4-10-21-15-6-3-2-5-14(15)17/h2-3,5-6,12-13H,4,7-11,17H2,1H3,(H2,18,20). The van der Waals surface area contributed by atoms with Gasteiger partial charge in [-0.1, -0.05) is 12.1 Å². The number of benzene rings is 1. The molecule has 0 bridgehead atoms. The van der Waals surface area contributed by atoms with Crippen molar-refractivity contribution in [2.75, 3.05) is 25.4 Å². The Morgan fingerprint density at radius 1 is 1.38 bits per heavy atom. The number of primary amides is 1. The van der Waals surface area contributed by atoms with Crippen LogP contribution in [0.15, 0.2) is 24.3 Å². The molecule has 1 aliphatic heterocycles. The van der Waals surface area contributed by atoms with Crippen molar-refractivity contribution in [3.05, 3.63) is 24.3 Å². The minimum atomic E-state index is -0.180. The van der Waals surface area contributed by atoms with Crippen LogP contribution in [-0.2, 0) is 4.79 Å². The largest absolute Gasteiger partial charge is 0.491 e. The minimum Gasteiger partial charge on any atom is -0.491 e. The first-order valence-electron chi connectivity index (χ1n) is 7.58. The van der Waals surface area contributed by atoms with E-state index < -0.39 is 0 Å². The highest BCUT2D eigenvalue weighted by molar-refractivity contribution is 5.76. The van der Waals surface area contributed by atoms with Crippen LogP contribution in [-0.4, -0.2) is 36.5 Å². The zero-order valence-electron chi connectivity index (χ0n) is 12.6. The predicted molar refractivity (Wildman–Crippen MR) is 83.9 cm³/mol. The average molecular weight is 291 g/mol. The molecule has 4 N–H and O–H groups in total. The van der Waals surface area contributed by atoms with Crippen molar-refractivity contribution in [2.24, 2.45) is 11.7 Å². The van der Waals surface area contributed by atoms with Crippen LogP contribution in [0.3, 0.4) is 0 Å². The van der Waals surface area contributed by atoms with E-state index in [0.717, 1.165) is 38.1 Å². The lowest BCUT2D eigenvalue weighted by Crippen LogP contribution is -2.46. The van der Waals surface area contributed by atoms with Crippen LogP contribution < -0.4 is 16.2 Å². The first-order chi connectivity index (χ1) is 10.1. The van der Waals surface area contributed by atoms with Gasteiger partial charge < -0.3 is 16.2 Å². The molecular formula is C16H25N3O2. The third-order valence-corrected chi connectivity index (χ3v) is 4.18. The molecule has 0 spiro atoms. The Morgan fingerprint density at radius 3 is 2.86 bits per heavy atom. The van der Waals surface area contributed by atoms with Crippen molar-refractivity contribution in [2.45, 2.75) is 32.2 Å². The second kappa shape index (κ2) is 7.31. The van der Waals surface area contributed by atoms with Gasteiger partial charge in [0.15, 0.2) is 0 Å². The van der Waals surface area contributed by atoms with E-state index in [1.165, 1.54) is 0 Å². The van der Waals surface area contributed by atoms with Gasteiger partial charge >= 0.3 is 0 Å². The number of amides is 1. The third-order valence-electron chi connectivity index (χ3n) is 4.18. The van der Waals surface area contributed by atoms with Crippen LogP contribution in [0, 0.1) is 5.92 Å². The second-order valence-corrected chi connectivity index (χ2v) is 5.76. The summed E-state index contributed by atoms with van der Waals surface area (Å²) in [4.78, 5) is 13.6. The number of ether oxygens (including phenoxy) is 1. The summed E-state index contributed by atoms with van der Waals surface area (Å²) in [5, 5.41) is 0. The van der Waals surface area contributed by atoms with Gasteiger partial charge in [0.2, 0.25) is 5.91 Å². The smallest absolute Gasteiger partial charge is 0.221 e. The Kier molecular flexibility index (Phi) is 5.44. The highest BCUT2D eigenvalue weighted by Gasteiger charge is 2.27. The van der Waals surface area contributed by atoms with Crippen LogP contribution in [0.5, 0.6) is 5.75 Å². The van der Waals surface area contributed by atoms with Crippen LogP contribution in [0.2, 0.25) is 0 Å². The lowest BCUT2D eigenvalue weighted by molar-refractivity contribution is -0.123. The van der Waals surface area contributed by atoms with E-state index in [4.69, 9.17) is 16.2 Å². The van der Waals surface area contributed by atoms with Gasteiger partial charge in [-0.3, -0.25) is 9.69 Å². The maximum Gasteiger partial charge on any atom is 0.221 e. The van der Waals surface area contributed by atoms with E-state index >= 15 is 0 Å². The Bertz CT molecular complexity index is 478. The summed E-state index contributed by atoms with van der Waals surface area (Å²) in [6, 6.07) is 8.02. The molecule has 0 aromatic heterocycles. The van der Waals surface area contributed by atoms with Gasteiger partial charge in [-0.25, -0.2) is 0 Å². The summed E-state index contributed by atoms with van der Waals surface area (Å²) < 4.78 is 5.69. The van der Waals surface area contributed by atoms with Gasteiger partial charge in [-0.15, -0.1) is 0 Å². The van der Waals surface area contributed by atoms with Gasteiger partial charge in [-0.05, 0) is 38.3 Å². The molecule has 0 saturated carbocycles. The van der Waals surface area contributed by atoms with Gasteiger partial charge in [-0.2, -0.15) is 0 Å². The summed E-state index contributed by atoms with van der Waals surface area (Å²) in [6.45, 7) is 4.51. The van der Waals surface area contributed by atoms with E-state index in [0.29, 0.717) is 18.3 Å². The van der Waals surface area contributed by atoms with E-state index in [1.807, 2.05) is 24.3 Å². The van der Waals surface area contributed by atoms with Crippen molar-refractivity contribution < 1.29 is 9.53 Å². The third kappa shape index (κ3) is 4.36. The number of nitrogens with two attached hydrogens (primary N) is 2. The molecule has 1 aliphatic rings. The molecule has 1 saturated heterocycles. The Balaban J connectivity index is 1.75. The number of carbonyl (C=O) groups is 1. The fraction of sp³-hybridized carbons (Fsp3) is 0.562. The molecule has 2 atom stereocenters. The normalized spacial score (nSPS) is 22.9. The number of hydrogen-bond acceptors (Lipinski definition) is 4. The first kappa shape index (κ1) is 15.6. The van der Waals surface area contributed by atoms with Crippen LogP contribution in [0.25, 0.3) is 0 Å². The summed E-state index contributed by atoms with van der Waals surface area (Å²) in [7, 11) is 0. The Hall–Kier alpha value is -1.75. The molecule has 1 aromatic carbocycles. The Morgan fingerprint density at radius 2 is 2.14 bits per heavy atom. The van der Waals surface area contributed by atoms with Gasteiger partial charge in [0.25, 0.3) is 0 Å². The molecule has 5 nitrogen and oxygen atoms in total. The van der Waals surface area contributed by atoms with Crippen molar-refractivity contribution in [3.8, 4) is 5.75 Å². The number of rotatable bonds is 6. The zero-order chi connectivity index (χ0) is 15.2. The summed E-state index contributed by atoms with van der Waals surface area (Å²) in [6.07, 6.45) is 2.84. The molecule has 2 rings (SSSR count). The van der Waals surface area contributed by atoms with E-state index in [1.54, 1.807) is 0 Å². The zero-order valence-corrected chi connectivity index (χ0v) is 12.6. The van der Waals surface area contributed by atoms with Crippen molar-refractivity contribution in [1.29, 1.82) is 0 Å². The van der Waals surface area contributed by atoms with Crippen molar-refractivity contribution in [3.63, 3.8) is 0 Å². The van der Waals surface area contributed by atoms with Crippen LogP contribution in [0.4, 0.5) is 5.69 Å². The summed E-state index contributed by atoms with van der Waals surface area (Å²) >= 11 is 0. The van der Waals surface area contributed by atoms with Crippen LogP contribution in [0.1, 0.15) is 26.2 Å². The number of nitrogen functional groups attached to an aromatic ring is 1. The molecule has 2 unspecified atom stereocenters. The average Bonchev–Trinajstić information content (AvgIpc) is 2.46. The topological polar surface area (TPSA) is 81.6 Å². The fourth-order valence-corrected chi connectivity index (χ4v) is 2.78. The maximum absolute atomic E-state index is 11.3.